The van der Waals surface area contributed by atoms with E-state index < -0.39 is 23.3 Å². The van der Waals surface area contributed by atoms with Gasteiger partial charge in [0, 0.05) is 11.8 Å². The summed E-state index contributed by atoms with van der Waals surface area (Å²) in [6.45, 7) is 5.28. The number of halogens is 2. The van der Waals surface area contributed by atoms with Gasteiger partial charge in [0.05, 0.1) is 11.9 Å². The Morgan fingerprint density at radius 2 is 1.78 bits per heavy atom. The van der Waals surface area contributed by atoms with Crippen molar-refractivity contribution in [3.63, 3.8) is 0 Å². The van der Waals surface area contributed by atoms with Gasteiger partial charge >= 0.3 is 6.09 Å². The zero-order valence-corrected chi connectivity index (χ0v) is 13.0. The Hall–Kier alpha value is -2.70. The van der Waals surface area contributed by atoms with Gasteiger partial charge in [-0.25, -0.2) is 18.6 Å². The van der Waals surface area contributed by atoms with Gasteiger partial charge in [0.2, 0.25) is 0 Å². The Morgan fingerprint density at radius 1 is 1.09 bits per heavy atom. The molecule has 2 aromatic rings. The minimum Gasteiger partial charge on any atom is -0.444 e. The van der Waals surface area contributed by atoms with Crippen LogP contribution in [0.25, 0.3) is 0 Å². The summed E-state index contributed by atoms with van der Waals surface area (Å²) >= 11 is 0. The molecule has 2 rings (SSSR count). The van der Waals surface area contributed by atoms with Crippen LogP contribution in [0.2, 0.25) is 0 Å². The molecule has 1 aromatic carbocycles. The number of anilines is 3. The van der Waals surface area contributed by atoms with Gasteiger partial charge in [0.25, 0.3) is 0 Å². The van der Waals surface area contributed by atoms with Crippen molar-refractivity contribution in [2.24, 2.45) is 0 Å². The van der Waals surface area contributed by atoms with Crippen LogP contribution in [0, 0.1) is 11.6 Å². The first-order valence-corrected chi connectivity index (χ1v) is 6.91. The van der Waals surface area contributed by atoms with Crippen molar-refractivity contribution >= 4 is 23.3 Å². The third-order valence-corrected chi connectivity index (χ3v) is 2.60. The second kappa shape index (κ2) is 6.60. The summed E-state index contributed by atoms with van der Waals surface area (Å²) in [6.07, 6.45) is 0.847. The van der Waals surface area contributed by atoms with Gasteiger partial charge in [0.1, 0.15) is 11.4 Å². The molecule has 0 aliphatic heterocycles. The van der Waals surface area contributed by atoms with Gasteiger partial charge in [-0.15, -0.1) is 0 Å². The predicted molar refractivity (Wildman–Crippen MR) is 83.7 cm³/mol. The summed E-state index contributed by atoms with van der Waals surface area (Å²) in [5.41, 5.74) is 0.349. The molecule has 23 heavy (non-hydrogen) atoms. The van der Waals surface area contributed by atoms with E-state index in [9.17, 15) is 13.6 Å². The molecule has 0 fully saturated rings. The van der Waals surface area contributed by atoms with Crippen molar-refractivity contribution in [3.05, 3.63) is 48.2 Å². The molecule has 0 radical (unpaired) electrons. The first-order chi connectivity index (χ1) is 10.7. The highest BCUT2D eigenvalue weighted by Gasteiger charge is 2.16. The van der Waals surface area contributed by atoms with Crippen LogP contribution in [-0.4, -0.2) is 16.7 Å². The predicted octanol–water partition coefficient (Wildman–Crippen LogP) is 4.45. The number of carbonyl (C=O) groups is 1. The maximum Gasteiger partial charge on any atom is 0.413 e. The number of hydrogen-bond donors (Lipinski definition) is 2. The number of nitrogens with one attached hydrogen (secondary N) is 2. The Balaban J connectivity index is 1.99. The number of carbonyl (C=O) groups excluding carboxylic acids is 1. The molecule has 0 saturated heterocycles. The van der Waals surface area contributed by atoms with E-state index in [1.165, 1.54) is 12.3 Å². The van der Waals surface area contributed by atoms with Crippen molar-refractivity contribution < 1.29 is 18.3 Å². The van der Waals surface area contributed by atoms with Crippen LogP contribution in [0.4, 0.5) is 30.8 Å². The van der Waals surface area contributed by atoms with Gasteiger partial charge < -0.3 is 10.1 Å². The Bertz CT molecular complexity index is 697. The van der Waals surface area contributed by atoms with E-state index in [1.54, 1.807) is 32.9 Å². The number of pyridine rings is 1. The van der Waals surface area contributed by atoms with E-state index in [0.29, 0.717) is 17.2 Å². The topological polar surface area (TPSA) is 63.2 Å². The lowest BCUT2D eigenvalue weighted by Crippen LogP contribution is -2.27. The lowest BCUT2D eigenvalue weighted by Gasteiger charge is -2.19. The van der Waals surface area contributed by atoms with E-state index in [2.05, 4.69) is 15.6 Å². The molecule has 0 aliphatic carbocycles. The lowest BCUT2D eigenvalue weighted by atomic mass is 10.2. The van der Waals surface area contributed by atoms with Crippen molar-refractivity contribution in [3.8, 4) is 0 Å². The fraction of sp³-hybridized carbons (Fsp3) is 0.250. The van der Waals surface area contributed by atoms with E-state index in [-0.39, 0.29) is 0 Å². The molecule has 122 valence electrons. The zero-order valence-electron chi connectivity index (χ0n) is 13.0. The summed E-state index contributed by atoms with van der Waals surface area (Å²) in [7, 11) is 0. The fourth-order valence-electron chi connectivity index (χ4n) is 1.69. The van der Waals surface area contributed by atoms with Gasteiger partial charge in [-0.05, 0) is 45.0 Å². The Morgan fingerprint density at radius 3 is 2.35 bits per heavy atom. The molecule has 0 atom stereocenters. The van der Waals surface area contributed by atoms with Crippen LogP contribution in [0.5, 0.6) is 0 Å². The van der Waals surface area contributed by atoms with Crippen LogP contribution < -0.4 is 10.6 Å². The molecule has 7 heteroatoms. The number of benzene rings is 1. The van der Waals surface area contributed by atoms with Crippen LogP contribution in [0.15, 0.2) is 36.5 Å². The Labute approximate surface area is 132 Å². The van der Waals surface area contributed by atoms with Crippen LogP contribution in [0.1, 0.15) is 20.8 Å². The van der Waals surface area contributed by atoms with E-state index in [0.717, 1.165) is 12.1 Å². The molecule has 2 N–H and O–H groups in total. The van der Waals surface area contributed by atoms with Gasteiger partial charge in [0.15, 0.2) is 11.6 Å². The summed E-state index contributed by atoms with van der Waals surface area (Å²) in [5.74, 6) is -1.54. The Kier molecular flexibility index (Phi) is 4.78. The minimum atomic E-state index is -0.939. The van der Waals surface area contributed by atoms with Gasteiger partial charge in [-0.2, -0.15) is 0 Å². The molecule has 1 amide bonds. The molecule has 1 heterocycles. The maximum atomic E-state index is 13.1. The molecule has 0 bridgehead atoms. The minimum absolute atomic E-state index is 0.315. The third-order valence-electron chi connectivity index (χ3n) is 2.60. The average molecular weight is 321 g/mol. The van der Waals surface area contributed by atoms with E-state index >= 15 is 0 Å². The van der Waals surface area contributed by atoms with Crippen LogP contribution in [0.3, 0.4) is 0 Å². The van der Waals surface area contributed by atoms with Crippen molar-refractivity contribution in [1.29, 1.82) is 0 Å². The first kappa shape index (κ1) is 16.7. The average Bonchev–Trinajstić information content (AvgIpc) is 2.43. The highest BCUT2D eigenvalue weighted by Crippen LogP contribution is 2.19. The zero-order chi connectivity index (χ0) is 17.0. The lowest BCUT2D eigenvalue weighted by molar-refractivity contribution is 0.0635. The molecule has 0 spiro atoms. The van der Waals surface area contributed by atoms with Gasteiger partial charge in [-0.1, -0.05) is 0 Å². The van der Waals surface area contributed by atoms with Gasteiger partial charge in [-0.3, -0.25) is 5.32 Å². The van der Waals surface area contributed by atoms with Crippen molar-refractivity contribution in [2.75, 3.05) is 10.6 Å². The quantitative estimate of drug-likeness (QED) is 0.876. The van der Waals surface area contributed by atoms with Crippen molar-refractivity contribution in [1.82, 2.24) is 4.98 Å². The number of hydrogen-bond acceptors (Lipinski definition) is 4. The standard InChI is InChI=1S/C16H17F2N3O2/c1-16(2,3)23-15(22)21-14-7-5-11(9-19-14)20-10-4-6-12(17)13(18)8-10/h4-9,20H,1-3H3,(H,19,21,22). The molecule has 1 aromatic heterocycles. The molecular weight excluding hydrogens is 304 g/mol. The monoisotopic (exact) mass is 321 g/mol. The van der Waals surface area contributed by atoms with E-state index in [1.807, 2.05) is 0 Å². The second-order valence-electron chi connectivity index (χ2n) is 5.81. The molecular formula is C16H17F2N3O2. The second-order valence-corrected chi connectivity index (χ2v) is 5.81. The summed E-state index contributed by atoms with van der Waals surface area (Å²) in [5, 5.41) is 5.37. The molecule has 0 aliphatic rings. The maximum absolute atomic E-state index is 13.1. The van der Waals surface area contributed by atoms with Crippen LogP contribution in [-0.2, 0) is 4.74 Å². The highest BCUT2D eigenvalue weighted by molar-refractivity contribution is 5.83. The summed E-state index contributed by atoms with van der Waals surface area (Å²) in [4.78, 5) is 15.6. The number of aromatic nitrogens is 1. The largest absolute Gasteiger partial charge is 0.444 e. The summed E-state index contributed by atoms with van der Waals surface area (Å²) in [6, 6.07) is 6.68. The normalized spacial score (nSPS) is 11.0. The SMILES string of the molecule is CC(C)(C)OC(=O)Nc1ccc(Nc2ccc(F)c(F)c2)cn1. The highest BCUT2D eigenvalue weighted by atomic mass is 19.2. The first-order valence-electron chi connectivity index (χ1n) is 6.91. The van der Waals surface area contributed by atoms with Crippen molar-refractivity contribution in [2.45, 2.75) is 26.4 Å². The molecule has 0 saturated carbocycles. The van der Waals surface area contributed by atoms with Crippen LogP contribution >= 0.6 is 0 Å². The van der Waals surface area contributed by atoms with E-state index in [4.69, 9.17) is 4.74 Å². The smallest absolute Gasteiger partial charge is 0.413 e. The number of amides is 1. The fourth-order valence-corrected chi connectivity index (χ4v) is 1.69. The summed E-state index contributed by atoms with van der Waals surface area (Å²) < 4.78 is 31.1. The number of ether oxygens (including phenoxy) is 1. The third kappa shape index (κ3) is 5.21. The molecule has 0 unspecified atom stereocenters. The number of nitrogens with zero attached hydrogens (tertiary/aromatic N) is 1. The number of rotatable bonds is 3. The molecule has 5 nitrogen and oxygen atoms in total.